The van der Waals surface area contributed by atoms with Gasteiger partial charge in [-0.25, -0.2) is 0 Å². The second-order valence-corrected chi connectivity index (χ2v) is 5.53. The molecule has 0 fully saturated rings. The Morgan fingerprint density at radius 1 is 1.39 bits per heavy atom. The molecule has 0 saturated carbocycles. The Kier molecular flexibility index (Phi) is 4.12. The molecule has 0 saturated heterocycles. The lowest BCUT2D eigenvalue weighted by atomic mass is 10.2. The van der Waals surface area contributed by atoms with Crippen LogP contribution < -0.4 is 20.7 Å². The number of carbonyl (C=O) groups is 2. The maximum absolute atomic E-state index is 12.2. The lowest BCUT2D eigenvalue weighted by molar-refractivity contribution is -0.115. The van der Waals surface area contributed by atoms with Crippen LogP contribution in [0.25, 0.3) is 0 Å². The number of nitrogens with one attached hydrogen (secondary N) is 2. The van der Waals surface area contributed by atoms with E-state index in [4.69, 9.17) is 22.1 Å². The van der Waals surface area contributed by atoms with Gasteiger partial charge in [0.15, 0.2) is 0 Å². The molecular formula is C15H15ClN4O3. The molecule has 120 valence electrons. The number of ether oxygens (including phenoxy) is 1. The first-order chi connectivity index (χ1) is 11.0. The number of carbonyl (C=O) groups excluding carboxylic acids is 2. The quantitative estimate of drug-likeness (QED) is 0.790. The van der Waals surface area contributed by atoms with E-state index in [9.17, 15) is 9.59 Å². The van der Waals surface area contributed by atoms with Crippen LogP contribution in [0.5, 0.6) is 5.75 Å². The van der Waals surface area contributed by atoms with Crippen LogP contribution in [-0.4, -0.2) is 36.5 Å². The molecule has 0 aliphatic carbocycles. The summed E-state index contributed by atoms with van der Waals surface area (Å²) in [6.07, 6.45) is 1.52. The molecule has 0 spiro atoms. The molecule has 2 aromatic rings. The summed E-state index contributed by atoms with van der Waals surface area (Å²) < 4.78 is 5.55. The average molecular weight is 335 g/mol. The van der Waals surface area contributed by atoms with E-state index >= 15 is 0 Å². The number of anilines is 2. The number of hydrogen-bond donors (Lipinski definition) is 3. The summed E-state index contributed by atoms with van der Waals surface area (Å²) in [5, 5.41) is 3.30. The van der Waals surface area contributed by atoms with Crippen molar-refractivity contribution in [1.82, 2.24) is 4.98 Å². The average Bonchev–Trinajstić information content (AvgIpc) is 2.96. The second kappa shape index (κ2) is 6.21. The highest BCUT2D eigenvalue weighted by atomic mass is 35.5. The van der Waals surface area contributed by atoms with E-state index in [1.165, 1.54) is 12.3 Å². The number of H-pyrrole nitrogens is 1. The maximum Gasteiger partial charge on any atom is 0.265 e. The van der Waals surface area contributed by atoms with Crippen LogP contribution in [0.3, 0.4) is 0 Å². The highest BCUT2D eigenvalue weighted by molar-refractivity contribution is 6.31. The molecule has 2 heterocycles. The number of rotatable bonds is 4. The summed E-state index contributed by atoms with van der Waals surface area (Å²) >= 11 is 6.01. The molecule has 4 N–H and O–H groups in total. The Labute approximate surface area is 137 Å². The van der Waals surface area contributed by atoms with E-state index in [1.54, 1.807) is 18.2 Å². The summed E-state index contributed by atoms with van der Waals surface area (Å²) in [6.45, 7) is 1.23. The van der Waals surface area contributed by atoms with Crippen molar-refractivity contribution >= 4 is 34.8 Å². The summed E-state index contributed by atoms with van der Waals surface area (Å²) in [6, 6.07) is 6.79. The summed E-state index contributed by atoms with van der Waals surface area (Å²) in [5.74, 6) is -0.0961. The normalized spacial score (nSPS) is 13.2. The molecule has 1 aliphatic rings. The molecular weight excluding hydrogens is 320 g/mol. The van der Waals surface area contributed by atoms with E-state index in [0.717, 1.165) is 5.69 Å². The van der Waals surface area contributed by atoms with Crippen molar-refractivity contribution in [2.24, 2.45) is 5.73 Å². The van der Waals surface area contributed by atoms with Gasteiger partial charge in [0, 0.05) is 11.2 Å². The van der Waals surface area contributed by atoms with Crippen LogP contribution in [0, 0.1) is 0 Å². The van der Waals surface area contributed by atoms with Gasteiger partial charge in [0.25, 0.3) is 5.91 Å². The third kappa shape index (κ3) is 3.40. The number of hydrogen-bond acceptors (Lipinski definition) is 4. The van der Waals surface area contributed by atoms with Crippen LogP contribution >= 0.6 is 11.6 Å². The minimum Gasteiger partial charge on any atom is -0.490 e. The number of fused-ring (bicyclic) bond motifs is 1. The number of halogens is 1. The van der Waals surface area contributed by atoms with Crippen LogP contribution in [0.1, 0.15) is 10.5 Å². The van der Waals surface area contributed by atoms with Crippen molar-refractivity contribution in [2.45, 2.75) is 0 Å². The fraction of sp³-hybridized carbons (Fsp3) is 0.200. The van der Waals surface area contributed by atoms with Gasteiger partial charge in [0.2, 0.25) is 5.91 Å². The summed E-state index contributed by atoms with van der Waals surface area (Å²) in [4.78, 5) is 27.8. The van der Waals surface area contributed by atoms with E-state index in [-0.39, 0.29) is 18.1 Å². The number of primary amides is 1. The first kappa shape index (κ1) is 15.2. The zero-order valence-corrected chi connectivity index (χ0v) is 12.9. The molecule has 1 aliphatic heterocycles. The second-order valence-electron chi connectivity index (χ2n) is 5.10. The minimum absolute atomic E-state index is 0.147. The molecule has 7 nitrogen and oxygen atoms in total. The minimum atomic E-state index is -0.581. The van der Waals surface area contributed by atoms with Crippen molar-refractivity contribution in [3.05, 3.63) is 41.2 Å². The molecule has 1 aromatic carbocycles. The Bertz CT molecular complexity index is 759. The predicted molar refractivity (Wildman–Crippen MR) is 87.1 cm³/mol. The van der Waals surface area contributed by atoms with Gasteiger partial charge < -0.3 is 25.7 Å². The Morgan fingerprint density at radius 2 is 2.22 bits per heavy atom. The molecule has 23 heavy (non-hydrogen) atoms. The van der Waals surface area contributed by atoms with Gasteiger partial charge in [-0.15, -0.1) is 0 Å². The van der Waals surface area contributed by atoms with Gasteiger partial charge in [0.1, 0.15) is 18.1 Å². The molecule has 0 atom stereocenters. The Hall–Kier alpha value is -2.67. The molecule has 1 aromatic heterocycles. The first-order valence-corrected chi connectivity index (χ1v) is 7.36. The van der Waals surface area contributed by atoms with Crippen molar-refractivity contribution in [2.75, 3.05) is 29.9 Å². The van der Waals surface area contributed by atoms with Crippen molar-refractivity contribution in [1.29, 1.82) is 0 Å². The standard InChI is InChI=1S/C15H15ClN4O3/c16-9-1-2-13-12(5-9)20(3-4-23-13)8-14(21)19-10-6-11(15(17)22)18-7-10/h1-2,5-7,18H,3-4,8H2,(H2,17,22)(H,19,21). The lowest BCUT2D eigenvalue weighted by Gasteiger charge is -2.30. The summed E-state index contributed by atoms with van der Waals surface area (Å²) in [5.41, 5.74) is 6.67. The first-order valence-electron chi connectivity index (χ1n) is 6.98. The van der Waals surface area contributed by atoms with Crippen LogP contribution in [0.4, 0.5) is 11.4 Å². The molecule has 8 heteroatoms. The highest BCUT2D eigenvalue weighted by Gasteiger charge is 2.21. The fourth-order valence-electron chi connectivity index (χ4n) is 2.39. The lowest BCUT2D eigenvalue weighted by Crippen LogP contribution is -2.38. The van der Waals surface area contributed by atoms with E-state index in [2.05, 4.69) is 10.3 Å². The number of benzene rings is 1. The van der Waals surface area contributed by atoms with E-state index in [1.807, 2.05) is 4.90 Å². The van der Waals surface area contributed by atoms with Crippen molar-refractivity contribution < 1.29 is 14.3 Å². The molecule has 2 amide bonds. The number of nitrogens with zero attached hydrogens (tertiary/aromatic N) is 1. The fourth-order valence-corrected chi connectivity index (χ4v) is 2.56. The van der Waals surface area contributed by atoms with Gasteiger partial charge in [-0.1, -0.05) is 11.6 Å². The number of aromatic amines is 1. The Morgan fingerprint density at radius 3 is 2.96 bits per heavy atom. The van der Waals surface area contributed by atoms with Crippen LogP contribution in [-0.2, 0) is 4.79 Å². The Balaban J connectivity index is 1.69. The molecule has 0 bridgehead atoms. The highest BCUT2D eigenvalue weighted by Crippen LogP contribution is 2.33. The third-order valence-electron chi connectivity index (χ3n) is 3.45. The largest absolute Gasteiger partial charge is 0.490 e. The zero-order valence-electron chi connectivity index (χ0n) is 12.1. The van der Waals surface area contributed by atoms with E-state index < -0.39 is 5.91 Å². The zero-order chi connectivity index (χ0) is 16.4. The maximum atomic E-state index is 12.2. The van der Waals surface area contributed by atoms with E-state index in [0.29, 0.717) is 29.6 Å². The van der Waals surface area contributed by atoms with Crippen molar-refractivity contribution in [3.8, 4) is 5.75 Å². The number of amides is 2. The monoisotopic (exact) mass is 334 g/mol. The number of aromatic nitrogens is 1. The topological polar surface area (TPSA) is 100 Å². The third-order valence-corrected chi connectivity index (χ3v) is 3.68. The van der Waals surface area contributed by atoms with Crippen LogP contribution in [0.15, 0.2) is 30.5 Å². The van der Waals surface area contributed by atoms with Crippen molar-refractivity contribution in [3.63, 3.8) is 0 Å². The van der Waals surface area contributed by atoms with Gasteiger partial charge in [-0.05, 0) is 24.3 Å². The van der Waals surface area contributed by atoms with Gasteiger partial charge in [0.05, 0.1) is 24.5 Å². The predicted octanol–water partition coefficient (Wildman–Crippen LogP) is 1.60. The summed E-state index contributed by atoms with van der Waals surface area (Å²) in [7, 11) is 0. The van der Waals surface area contributed by atoms with Gasteiger partial charge >= 0.3 is 0 Å². The molecule has 3 rings (SSSR count). The number of nitrogens with two attached hydrogens (primary N) is 1. The smallest absolute Gasteiger partial charge is 0.265 e. The van der Waals surface area contributed by atoms with Gasteiger partial charge in [-0.3, -0.25) is 9.59 Å². The molecule has 0 radical (unpaired) electrons. The van der Waals surface area contributed by atoms with Gasteiger partial charge in [-0.2, -0.15) is 0 Å². The molecule has 0 unspecified atom stereocenters. The SMILES string of the molecule is NC(=O)c1cc(NC(=O)CN2CCOc3ccc(Cl)cc32)c[nH]1. The van der Waals surface area contributed by atoms with Crippen LogP contribution in [0.2, 0.25) is 5.02 Å².